The Morgan fingerprint density at radius 2 is 2.04 bits per heavy atom. The number of hydrogen-bond acceptors (Lipinski definition) is 6. The van der Waals surface area contributed by atoms with Crippen molar-refractivity contribution in [1.29, 1.82) is 0 Å². The molecule has 0 aliphatic carbocycles. The van der Waals surface area contributed by atoms with Gasteiger partial charge in [0.25, 0.3) is 5.69 Å². The average Bonchev–Trinajstić information content (AvgIpc) is 2.90. The van der Waals surface area contributed by atoms with E-state index in [4.69, 9.17) is 4.74 Å². The smallest absolute Gasteiger partial charge is 0.337 e. The number of hydrogen-bond donors (Lipinski definition) is 0. The lowest BCUT2D eigenvalue weighted by atomic mass is 10.1. The summed E-state index contributed by atoms with van der Waals surface area (Å²) in [5, 5.41) is 10.8. The van der Waals surface area contributed by atoms with Crippen molar-refractivity contribution in [3.63, 3.8) is 0 Å². The number of allylic oxidation sites excluding steroid dienone is 1. The first-order valence-electron chi connectivity index (χ1n) is 6.90. The van der Waals surface area contributed by atoms with Crippen LogP contribution in [0, 0.1) is 10.1 Å². The van der Waals surface area contributed by atoms with Gasteiger partial charge in [-0.1, -0.05) is 12.1 Å². The normalized spacial score (nSPS) is 14.2. The number of methoxy groups -OCH3 is 1. The Kier molecular flexibility index (Phi) is 3.83. The molecule has 1 aliphatic rings. The fraction of sp³-hybridized carbons (Fsp3) is 0.0588. The van der Waals surface area contributed by atoms with E-state index in [-0.39, 0.29) is 22.6 Å². The minimum absolute atomic E-state index is 0.0347. The first-order chi connectivity index (χ1) is 11.5. The molecule has 0 amide bonds. The number of nitro benzene ring substituents is 1. The third kappa shape index (κ3) is 2.74. The van der Waals surface area contributed by atoms with E-state index in [1.165, 1.54) is 49.6 Å². The maximum Gasteiger partial charge on any atom is 0.337 e. The number of ketones is 1. The molecular formula is C17H11NO6. The number of Topliss-reactive ketones (excluding diaryl/α,β-unsaturated/α-hetero) is 1. The summed E-state index contributed by atoms with van der Waals surface area (Å²) in [6, 6.07) is 10.2. The van der Waals surface area contributed by atoms with Crippen LogP contribution >= 0.6 is 0 Å². The van der Waals surface area contributed by atoms with Crippen molar-refractivity contribution in [2.24, 2.45) is 0 Å². The summed E-state index contributed by atoms with van der Waals surface area (Å²) in [5.41, 5.74) is 0.869. The zero-order chi connectivity index (χ0) is 17.3. The van der Waals surface area contributed by atoms with Gasteiger partial charge in [0.2, 0.25) is 5.78 Å². The third-order valence-corrected chi connectivity index (χ3v) is 3.47. The van der Waals surface area contributed by atoms with Crippen LogP contribution in [-0.4, -0.2) is 23.8 Å². The number of carbonyl (C=O) groups is 2. The molecule has 7 nitrogen and oxygen atoms in total. The Balaban J connectivity index is 1.95. The Hall–Kier alpha value is -3.48. The number of non-ortho nitro benzene ring substituents is 1. The molecule has 2 aromatic rings. The molecule has 120 valence electrons. The van der Waals surface area contributed by atoms with Crippen molar-refractivity contribution in [2.75, 3.05) is 7.11 Å². The fourth-order valence-corrected chi connectivity index (χ4v) is 2.31. The van der Waals surface area contributed by atoms with Crippen molar-refractivity contribution in [2.45, 2.75) is 0 Å². The molecule has 0 bridgehead atoms. The van der Waals surface area contributed by atoms with E-state index in [1.54, 1.807) is 6.07 Å². The van der Waals surface area contributed by atoms with Gasteiger partial charge in [-0.25, -0.2) is 4.79 Å². The lowest BCUT2D eigenvalue weighted by Crippen LogP contribution is -2.03. The van der Waals surface area contributed by atoms with Gasteiger partial charge in [-0.15, -0.1) is 0 Å². The lowest BCUT2D eigenvalue weighted by Gasteiger charge is -2.00. The first-order valence-corrected chi connectivity index (χ1v) is 6.90. The summed E-state index contributed by atoms with van der Waals surface area (Å²) < 4.78 is 10.1. The fourth-order valence-electron chi connectivity index (χ4n) is 2.31. The number of fused-ring (bicyclic) bond motifs is 1. The molecule has 0 fully saturated rings. The van der Waals surface area contributed by atoms with Crippen molar-refractivity contribution in [3.05, 3.63) is 75.0 Å². The first kappa shape index (κ1) is 15.4. The van der Waals surface area contributed by atoms with E-state index < -0.39 is 16.7 Å². The molecule has 0 unspecified atom stereocenters. The molecular weight excluding hydrogens is 314 g/mol. The molecule has 0 saturated heterocycles. The van der Waals surface area contributed by atoms with Crippen LogP contribution < -0.4 is 4.74 Å². The molecule has 0 radical (unpaired) electrons. The molecule has 24 heavy (non-hydrogen) atoms. The Morgan fingerprint density at radius 3 is 2.75 bits per heavy atom. The van der Waals surface area contributed by atoms with E-state index in [1.807, 2.05) is 0 Å². The molecule has 0 spiro atoms. The standard InChI is InChI=1S/C17H11NO6/c1-23-17(20)11-5-6-14-13(9-11)16(19)15(24-14)8-10-3-2-4-12(7-10)18(21)22/h2-9H,1H3/b15-8-. The summed E-state index contributed by atoms with van der Waals surface area (Å²) in [6.07, 6.45) is 1.42. The van der Waals surface area contributed by atoms with E-state index in [0.717, 1.165) is 0 Å². The molecule has 2 aromatic carbocycles. The van der Waals surface area contributed by atoms with Crippen LogP contribution in [0.4, 0.5) is 5.69 Å². The van der Waals surface area contributed by atoms with Gasteiger partial charge in [-0.05, 0) is 29.8 Å². The molecule has 1 heterocycles. The Morgan fingerprint density at radius 1 is 1.25 bits per heavy atom. The summed E-state index contributed by atoms with van der Waals surface area (Å²) in [7, 11) is 1.25. The highest BCUT2D eigenvalue weighted by atomic mass is 16.6. The summed E-state index contributed by atoms with van der Waals surface area (Å²) in [6.45, 7) is 0. The third-order valence-electron chi connectivity index (χ3n) is 3.47. The second kappa shape index (κ2) is 5.96. The predicted octanol–water partition coefficient (Wildman–Crippen LogP) is 3.00. The summed E-state index contributed by atoms with van der Waals surface area (Å²) in [4.78, 5) is 34.2. The highest BCUT2D eigenvalue weighted by molar-refractivity contribution is 6.15. The largest absolute Gasteiger partial charge is 0.465 e. The molecule has 1 aliphatic heterocycles. The van der Waals surface area contributed by atoms with Gasteiger partial charge >= 0.3 is 5.97 Å². The van der Waals surface area contributed by atoms with Crippen molar-refractivity contribution >= 4 is 23.5 Å². The zero-order valence-corrected chi connectivity index (χ0v) is 12.5. The highest BCUT2D eigenvalue weighted by Gasteiger charge is 2.28. The van der Waals surface area contributed by atoms with E-state index in [0.29, 0.717) is 11.3 Å². The Bertz CT molecular complexity index is 900. The maximum absolute atomic E-state index is 12.4. The molecule has 0 N–H and O–H groups in total. The van der Waals surface area contributed by atoms with Gasteiger partial charge in [-0.3, -0.25) is 14.9 Å². The van der Waals surface area contributed by atoms with Crippen LogP contribution in [0.25, 0.3) is 6.08 Å². The predicted molar refractivity (Wildman–Crippen MR) is 83.8 cm³/mol. The number of nitrogens with zero attached hydrogens (tertiary/aromatic N) is 1. The number of esters is 1. The van der Waals surface area contributed by atoms with Crippen LogP contribution in [-0.2, 0) is 4.74 Å². The van der Waals surface area contributed by atoms with Crippen LogP contribution in [0.2, 0.25) is 0 Å². The van der Waals surface area contributed by atoms with Gasteiger partial charge in [0.05, 0.1) is 23.2 Å². The van der Waals surface area contributed by atoms with Gasteiger partial charge in [0, 0.05) is 12.1 Å². The van der Waals surface area contributed by atoms with Crippen LogP contribution in [0.5, 0.6) is 5.75 Å². The minimum Gasteiger partial charge on any atom is -0.465 e. The topological polar surface area (TPSA) is 95.7 Å². The van der Waals surface area contributed by atoms with Crippen LogP contribution in [0.1, 0.15) is 26.3 Å². The molecule has 0 saturated carbocycles. The summed E-state index contributed by atoms with van der Waals surface area (Å²) in [5.74, 6) is -0.596. The zero-order valence-electron chi connectivity index (χ0n) is 12.5. The molecule has 3 rings (SSSR count). The number of benzene rings is 2. The lowest BCUT2D eigenvalue weighted by molar-refractivity contribution is -0.384. The second-order valence-corrected chi connectivity index (χ2v) is 4.99. The van der Waals surface area contributed by atoms with Gasteiger partial charge in [0.15, 0.2) is 5.76 Å². The second-order valence-electron chi connectivity index (χ2n) is 4.99. The Labute approximate surface area is 136 Å². The quantitative estimate of drug-likeness (QED) is 0.372. The van der Waals surface area contributed by atoms with Gasteiger partial charge in [0.1, 0.15) is 5.75 Å². The summed E-state index contributed by atoms with van der Waals surface area (Å²) >= 11 is 0. The molecule has 0 aromatic heterocycles. The van der Waals surface area contributed by atoms with E-state index >= 15 is 0 Å². The maximum atomic E-state index is 12.4. The van der Waals surface area contributed by atoms with Crippen molar-refractivity contribution < 1.29 is 24.0 Å². The highest BCUT2D eigenvalue weighted by Crippen LogP contribution is 2.33. The van der Waals surface area contributed by atoms with E-state index in [2.05, 4.69) is 4.74 Å². The van der Waals surface area contributed by atoms with Crippen molar-refractivity contribution in [3.8, 4) is 5.75 Å². The molecule has 0 atom stereocenters. The minimum atomic E-state index is -0.554. The molecule has 7 heteroatoms. The van der Waals surface area contributed by atoms with Crippen LogP contribution in [0.3, 0.4) is 0 Å². The average molecular weight is 325 g/mol. The van der Waals surface area contributed by atoms with Crippen LogP contribution in [0.15, 0.2) is 48.2 Å². The number of carbonyl (C=O) groups excluding carboxylic acids is 2. The SMILES string of the molecule is COC(=O)c1ccc2c(c1)C(=O)/C(=C/c1cccc([N+](=O)[O-])c1)O2. The monoisotopic (exact) mass is 325 g/mol. The number of ether oxygens (including phenoxy) is 2. The van der Waals surface area contributed by atoms with Gasteiger partial charge in [-0.2, -0.15) is 0 Å². The van der Waals surface area contributed by atoms with Gasteiger partial charge < -0.3 is 9.47 Å². The number of rotatable bonds is 3. The number of nitro groups is 1. The van der Waals surface area contributed by atoms with Crippen molar-refractivity contribution in [1.82, 2.24) is 0 Å². The van der Waals surface area contributed by atoms with E-state index in [9.17, 15) is 19.7 Å².